The monoisotopic (exact) mass is 578 g/mol. The Morgan fingerprint density at radius 2 is 1.43 bits per heavy atom. The standard InChI is InChI=1S/C33H36F2N2O5/c1-21(2)37-28(16-15-26(38)19-27(39)20-29(40)42-3)30(22-7-11-24(34)12-8-22)31(23-9-13-25(35)14-10-23)32(37)33(41)36-17-5-4-6-18-36/h7-16,21,27,39H,4-6,17-20H2,1-3H3/b16-15+/t27-/m1/s1. The van der Waals surface area contributed by atoms with Gasteiger partial charge in [0.15, 0.2) is 5.78 Å². The van der Waals surface area contributed by atoms with Crippen LogP contribution >= 0.6 is 0 Å². The molecule has 1 aliphatic rings. The van der Waals surface area contributed by atoms with Gasteiger partial charge in [0, 0.05) is 36.7 Å². The zero-order valence-corrected chi connectivity index (χ0v) is 24.1. The van der Waals surface area contributed by atoms with Gasteiger partial charge in [-0.05, 0) is 80.7 Å². The Bertz CT molecular complexity index is 1450. The lowest BCUT2D eigenvalue weighted by Crippen LogP contribution is -2.37. The van der Waals surface area contributed by atoms with Crippen LogP contribution in [0.3, 0.4) is 0 Å². The number of carbonyl (C=O) groups excluding carboxylic acids is 3. The number of ketones is 1. The number of carbonyl (C=O) groups is 3. The Morgan fingerprint density at radius 3 is 1.95 bits per heavy atom. The lowest BCUT2D eigenvalue weighted by atomic mass is 9.94. The molecule has 7 nitrogen and oxygen atoms in total. The van der Waals surface area contributed by atoms with Crippen LogP contribution in [0.4, 0.5) is 8.78 Å². The normalized spacial score (nSPS) is 14.4. The number of aromatic nitrogens is 1. The van der Waals surface area contributed by atoms with Crippen molar-refractivity contribution < 1.29 is 33.0 Å². The average molecular weight is 579 g/mol. The van der Waals surface area contributed by atoms with Gasteiger partial charge in [-0.15, -0.1) is 0 Å². The predicted octanol–water partition coefficient (Wildman–Crippen LogP) is 6.20. The molecule has 1 saturated heterocycles. The topological polar surface area (TPSA) is 88.8 Å². The van der Waals surface area contributed by atoms with E-state index >= 15 is 0 Å². The molecule has 1 aliphatic heterocycles. The number of rotatable bonds is 10. The van der Waals surface area contributed by atoms with E-state index in [1.165, 1.54) is 37.5 Å². The summed E-state index contributed by atoms with van der Waals surface area (Å²) in [5.74, 6) is -2.09. The van der Waals surface area contributed by atoms with E-state index in [9.17, 15) is 28.3 Å². The third-order valence-corrected chi connectivity index (χ3v) is 7.37. The Labute approximate surface area is 244 Å². The fourth-order valence-corrected chi connectivity index (χ4v) is 5.39. The van der Waals surface area contributed by atoms with Crippen molar-refractivity contribution in [1.82, 2.24) is 9.47 Å². The first-order valence-corrected chi connectivity index (χ1v) is 14.2. The molecule has 0 aliphatic carbocycles. The fourth-order valence-electron chi connectivity index (χ4n) is 5.39. The van der Waals surface area contributed by atoms with Gasteiger partial charge in [-0.1, -0.05) is 24.3 Å². The zero-order chi connectivity index (χ0) is 30.4. The second kappa shape index (κ2) is 13.7. The smallest absolute Gasteiger partial charge is 0.308 e. The summed E-state index contributed by atoms with van der Waals surface area (Å²) in [7, 11) is 1.20. The Morgan fingerprint density at radius 1 is 0.881 bits per heavy atom. The number of benzene rings is 2. The molecule has 2 aromatic carbocycles. The first-order chi connectivity index (χ1) is 20.1. The highest BCUT2D eigenvalue weighted by molar-refractivity contribution is 6.07. The maximum absolute atomic E-state index is 14.3. The van der Waals surface area contributed by atoms with Gasteiger partial charge in [0.2, 0.25) is 0 Å². The highest BCUT2D eigenvalue weighted by Gasteiger charge is 2.32. The van der Waals surface area contributed by atoms with E-state index in [2.05, 4.69) is 4.74 Å². The number of halogens is 2. The van der Waals surface area contributed by atoms with E-state index in [0.717, 1.165) is 19.3 Å². The van der Waals surface area contributed by atoms with Crippen LogP contribution in [0.2, 0.25) is 0 Å². The van der Waals surface area contributed by atoms with Crippen LogP contribution in [0.1, 0.15) is 68.2 Å². The summed E-state index contributed by atoms with van der Waals surface area (Å²) in [5, 5.41) is 10.2. The number of allylic oxidation sites excluding steroid dienone is 1. The number of aliphatic hydroxyl groups is 1. The van der Waals surface area contributed by atoms with Crippen LogP contribution in [-0.2, 0) is 14.3 Å². The number of methoxy groups -OCH3 is 1. The molecular formula is C33H36F2N2O5. The van der Waals surface area contributed by atoms with Crippen molar-refractivity contribution in [2.24, 2.45) is 0 Å². The number of piperidine rings is 1. The Kier molecular flexibility index (Phi) is 10.1. The molecule has 3 aromatic rings. The lowest BCUT2D eigenvalue weighted by molar-refractivity contribution is -0.143. The summed E-state index contributed by atoms with van der Waals surface area (Å²) in [6.07, 6.45) is 3.89. The van der Waals surface area contributed by atoms with Crippen molar-refractivity contribution in [3.05, 3.63) is 77.6 Å². The highest BCUT2D eigenvalue weighted by atomic mass is 19.1. The van der Waals surface area contributed by atoms with Crippen molar-refractivity contribution in [2.45, 2.75) is 58.1 Å². The van der Waals surface area contributed by atoms with Gasteiger partial charge in [-0.3, -0.25) is 14.4 Å². The number of amides is 1. The summed E-state index contributed by atoms with van der Waals surface area (Å²) < 4.78 is 34.5. The molecule has 4 rings (SSSR count). The van der Waals surface area contributed by atoms with Crippen LogP contribution in [0.25, 0.3) is 28.3 Å². The first-order valence-electron chi connectivity index (χ1n) is 14.2. The van der Waals surface area contributed by atoms with E-state index < -0.39 is 29.5 Å². The van der Waals surface area contributed by atoms with Gasteiger partial charge in [0.05, 0.1) is 25.3 Å². The summed E-state index contributed by atoms with van der Waals surface area (Å²) in [6.45, 7) is 5.07. The number of nitrogens with zero attached hydrogens (tertiary/aromatic N) is 2. The van der Waals surface area contributed by atoms with Gasteiger partial charge in [0.25, 0.3) is 5.91 Å². The van der Waals surface area contributed by atoms with Gasteiger partial charge >= 0.3 is 5.97 Å². The number of aliphatic hydroxyl groups excluding tert-OH is 1. The number of esters is 1. The van der Waals surface area contributed by atoms with Gasteiger partial charge in [-0.2, -0.15) is 0 Å². The summed E-state index contributed by atoms with van der Waals surface area (Å²) in [6, 6.07) is 11.5. The van der Waals surface area contributed by atoms with Crippen LogP contribution < -0.4 is 0 Å². The van der Waals surface area contributed by atoms with Gasteiger partial charge in [0.1, 0.15) is 17.3 Å². The SMILES string of the molecule is COC(=O)C[C@H](O)CC(=O)/C=C/c1c(-c2ccc(F)cc2)c(-c2ccc(F)cc2)c(C(=O)N2CCCCC2)n1C(C)C. The lowest BCUT2D eigenvalue weighted by Gasteiger charge is -2.28. The minimum Gasteiger partial charge on any atom is -0.469 e. The van der Waals surface area contributed by atoms with E-state index in [-0.39, 0.29) is 24.8 Å². The van der Waals surface area contributed by atoms with E-state index in [1.807, 2.05) is 23.3 Å². The molecule has 222 valence electrons. The molecular weight excluding hydrogens is 542 g/mol. The first kappa shape index (κ1) is 30.8. The largest absolute Gasteiger partial charge is 0.469 e. The minimum absolute atomic E-state index is 0.175. The van der Waals surface area contributed by atoms with Crippen LogP contribution in [0.15, 0.2) is 54.6 Å². The van der Waals surface area contributed by atoms with Gasteiger partial charge < -0.3 is 19.3 Å². The maximum atomic E-state index is 14.3. The third-order valence-electron chi connectivity index (χ3n) is 7.37. The third kappa shape index (κ3) is 7.02. The molecule has 0 spiro atoms. The number of hydrogen-bond donors (Lipinski definition) is 1. The van der Waals surface area contributed by atoms with Crippen LogP contribution in [0, 0.1) is 11.6 Å². The minimum atomic E-state index is -1.21. The second-order valence-electron chi connectivity index (χ2n) is 10.8. The molecule has 2 heterocycles. The summed E-state index contributed by atoms with van der Waals surface area (Å²) >= 11 is 0. The number of ether oxygens (including phenoxy) is 1. The highest BCUT2D eigenvalue weighted by Crippen LogP contribution is 2.43. The quantitative estimate of drug-likeness (QED) is 0.229. The Balaban J connectivity index is 1.95. The fraction of sp³-hybridized carbons (Fsp3) is 0.364. The van der Waals surface area contributed by atoms with Crippen molar-refractivity contribution in [2.75, 3.05) is 20.2 Å². The van der Waals surface area contributed by atoms with Crippen molar-refractivity contribution in [1.29, 1.82) is 0 Å². The molecule has 1 fully saturated rings. The second-order valence-corrected chi connectivity index (χ2v) is 10.8. The molecule has 1 aromatic heterocycles. The molecule has 1 N–H and O–H groups in total. The Hall–Kier alpha value is -4.11. The van der Waals surface area contributed by atoms with Crippen molar-refractivity contribution >= 4 is 23.7 Å². The van der Waals surface area contributed by atoms with E-state index in [4.69, 9.17) is 0 Å². The van der Waals surface area contributed by atoms with Crippen LogP contribution in [-0.4, -0.2) is 58.5 Å². The van der Waals surface area contributed by atoms with E-state index in [1.54, 1.807) is 30.3 Å². The molecule has 0 saturated carbocycles. The van der Waals surface area contributed by atoms with E-state index in [0.29, 0.717) is 46.7 Å². The maximum Gasteiger partial charge on any atom is 0.308 e. The zero-order valence-electron chi connectivity index (χ0n) is 24.1. The average Bonchev–Trinajstić information content (AvgIpc) is 3.32. The summed E-state index contributed by atoms with van der Waals surface area (Å²) in [5.41, 5.74) is 3.30. The molecule has 0 radical (unpaired) electrons. The molecule has 0 bridgehead atoms. The van der Waals surface area contributed by atoms with Crippen molar-refractivity contribution in [3.63, 3.8) is 0 Å². The molecule has 1 atom stereocenters. The molecule has 0 unspecified atom stereocenters. The predicted molar refractivity (Wildman–Crippen MR) is 157 cm³/mol. The number of likely N-dealkylation sites (tertiary alicyclic amines) is 1. The summed E-state index contributed by atoms with van der Waals surface area (Å²) in [4.78, 5) is 40.5. The molecule has 9 heteroatoms. The molecule has 1 amide bonds. The number of hydrogen-bond acceptors (Lipinski definition) is 5. The van der Waals surface area contributed by atoms with Crippen LogP contribution in [0.5, 0.6) is 0 Å². The van der Waals surface area contributed by atoms with Crippen molar-refractivity contribution in [3.8, 4) is 22.3 Å². The molecule has 42 heavy (non-hydrogen) atoms. The van der Waals surface area contributed by atoms with Gasteiger partial charge in [-0.25, -0.2) is 8.78 Å².